The number of anilines is 1. The van der Waals surface area contributed by atoms with Crippen molar-refractivity contribution in [1.82, 2.24) is 0 Å². The number of hydrogen-bond donors (Lipinski definition) is 2. The van der Waals surface area contributed by atoms with Crippen molar-refractivity contribution < 1.29 is 21.6 Å². The third-order valence-corrected chi connectivity index (χ3v) is 5.22. The van der Waals surface area contributed by atoms with E-state index in [0.29, 0.717) is 17.7 Å². The Morgan fingerprint density at radius 3 is 2.50 bits per heavy atom. The quantitative estimate of drug-likeness (QED) is 0.849. The second kappa shape index (κ2) is 5.43. The third kappa shape index (κ3) is 2.94. The van der Waals surface area contributed by atoms with Gasteiger partial charge in [0, 0.05) is 18.7 Å². The van der Waals surface area contributed by atoms with Crippen LogP contribution in [0.3, 0.4) is 0 Å². The molecule has 4 nitrogen and oxygen atoms in total. The number of nitrogens with two attached hydrogens (primary N) is 1. The summed E-state index contributed by atoms with van der Waals surface area (Å²) >= 11 is 0.874. The zero-order valence-electron chi connectivity index (χ0n) is 9.86. The van der Waals surface area contributed by atoms with Gasteiger partial charge < -0.3 is 5.73 Å². The highest BCUT2D eigenvalue weighted by Gasteiger charge is 2.20. The predicted octanol–water partition coefficient (Wildman–Crippen LogP) is 2.42. The van der Waals surface area contributed by atoms with Crippen molar-refractivity contribution in [2.75, 3.05) is 4.72 Å². The Balaban J connectivity index is 2.38. The van der Waals surface area contributed by atoms with E-state index in [2.05, 4.69) is 0 Å². The Morgan fingerprint density at radius 2 is 1.90 bits per heavy atom. The topological polar surface area (TPSA) is 72.2 Å². The lowest BCUT2D eigenvalue weighted by Gasteiger charge is -2.08. The highest BCUT2D eigenvalue weighted by molar-refractivity contribution is 7.94. The van der Waals surface area contributed by atoms with Crippen molar-refractivity contribution in [3.63, 3.8) is 0 Å². The molecular formula is C11H9F3N2O2S2. The van der Waals surface area contributed by atoms with Crippen LogP contribution in [-0.2, 0) is 16.6 Å². The van der Waals surface area contributed by atoms with Crippen molar-refractivity contribution in [1.29, 1.82) is 0 Å². The zero-order valence-corrected chi connectivity index (χ0v) is 11.5. The van der Waals surface area contributed by atoms with Crippen molar-refractivity contribution >= 4 is 27.0 Å². The first-order valence-electron chi connectivity index (χ1n) is 5.28. The number of thiophene rings is 1. The summed E-state index contributed by atoms with van der Waals surface area (Å²) in [5, 5.41) is 1.52. The molecule has 1 aromatic carbocycles. The second-order valence-corrected chi connectivity index (χ2v) is 6.65. The number of hydrogen-bond acceptors (Lipinski definition) is 4. The molecule has 0 atom stereocenters. The fourth-order valence-electron chi connectivity index (χ4n) is 1.43. The summed E-state index contributed by atoms with van der Waals surface area (Å²) in [4.78, 5) is 0. The van der Waals surface area contributed by atoms with Crippen LogP contribution in [0, 0.1) is 17.5 Å². The maximum absolute atomic E-state index is 13.4. The van der Waals surface area contributed by atoms with Crippen LogP contribution in [0.5, 0.6) is 0 Å². The Hall–Kier alpha value is -1.58. The van der Waals surface area contributed by atoms with Gasteiger partial charge in [-0.15, -0.1) is 11.3 Å². The Morgan fingerprint density at radius 1 is 1.20 bits per heavy atom. The summed E-state index contributed by atoms with van der Waals surface area (Å²) in [5.41, 5.74) is 5.15. The van der Waals surface area contributed by atoms with Crippen LogP contribution in [0.1, 0.15) is 5.56 Å². The molecule has 1 aromatic heterocycles. The third-order valence-electron chi connectivity index (χ3n) is 2.37. The van der Waals surface area contributed by atoms with Crippen molar-refractivity contribution in [2.45, 2.75) is 10.8 Å². The number of sulfonamides is 1. The fourth-order valence-corrected chi connectivity index (χ4v) is 3.70. The second-order valence-electron chi connectivity index (χ2n) is 3.83. The summed E-state index contributed by atoms with van der Waals surface area (Å²) in [6, 6.07) is 2.19. The van der Waals surface area contributed by atoms with Gasteiger partial charge in [0.15, 0.2) is 11.6 Å². The molecule has 0 amide bonds. The van der Waals surface area contributed by atoms with E-state index in [-0.39, 0.29) is 10.8 Å². The molecule has 0 bridgehead atoms. The maximum atomic E-state index is 13.4. The van der Waals surface area contributed by atoms with Crippen LogP contribution in [0.2, 0.25) is 0 Å². The summed E-state index contributed by atoms with van der Waals surface area (Å²) < 4.78 is 65.0. The molecule has 0 aliphatic heterocycles. The van der Waals surface area contributed by atoms with E-state index in [1.807, 2.05) is 4.72 Å². The fraction of sp³-hybridized carbons (Fsp3) is 0.0909. The van der Waals surface area contributed by atoms with Gasteiger partial charge in [-0.05, 0) is 17.0 Å². The number of nitrogens with one attached hydrogen (secondary N) is 1. The van der Waals surface area contributed by atoms with Gasteiger partial charge in [0.25, 0.3) is 10.0 Å². The molecular weight excluding hydrogens is 313 g/mol. The first-order valence-corrected chi connectivity index (χ1v) is 7.64. The van der Waals surface area contributed by atoms with Crippen LogP contribution in [0.4, 0.5) is 18.9 Å². The van der Waals surface area contributed by atoms with Gasteiger partial charge in [-0.2, -0.15) is 0 Å². The first-order chi connectivity index (χ1) is 9.33. The standard InChI is InChI=1S/C11H9F3N2O2S2/c12-7-2-8(13)11(14)9(3-7)16-20(17,18)10-1-6(4-15)5-19-10/h1-3,5,16H,4,15H2. The van der Waals surface area contributed by atoms with Gasteiger partial charge in [-0.25, -0.2) is 21.6 Å². The molecule has 1 heterocycles. The smallest absolute Gasteiger partial charge is 0.271 e. The first kappa shape index (κ1) is 14.8. The van der Waals surface area contributed by atoms with E-state index in [1.54, 1.807) is 0 Å². The lowest BCUT2D eigenvalue weighted by molar-refractivity contribution is 0.498. The van der Waals surface area contributed by atoms with E-state index < -0.39 is 33.2 Å². The predicted molar refractivity (Wildman–Crippen MR) is 69.3 cm³/mol. The molecule has 0 fully saturated rings. The minimum Gasteiger partial charge on any atom is -0.326 e. The molecule has 3 N–H and O–H groups in total. The largest absolute Gasteiger partial charge is 0.326 e. The molecule has 108 valence electrons. The van der Waals surface area contributed by atoms with Crippen LogP contribution in [0.15, 0.2) is 27.8 Å². The number of benzene rings is 1. The number of halogens is 3. The van der Waals surface area contributed by atoms with E-state index in [1.165, 1.54) is 11.4 Å². The maximum Gasteiger partial charge on any atom is 0.271 e. The van der Waals surface area contributed by atoms with Crippen LogP contribution >= 0.6 is 11.3 Å². The number of rotatable bonds is 4. The normalized spacial score (nSPS) is 11.6. The molecule has 20 heavy (non-hydrogen) atoms. The molecule has 0 saturated carbocycles. The molecule has 0 aliphatic rings. The lowest BCUT2D eigenvalue weighted by atomic mass is 10.3. The molecule has 0 radical (unpaired) electrons. The van der Waals surface area contributed by atoms with Gasteiger partial charge in [-0.1, -0.05) is 0 Å². The molecule has 0 saturated heterocycles. The highest BCUT2D eigenvalue weighted by Crippen LogP contribution is 2.25. The Bertz CT molecular complexity index is 744. The van der Waals surface area contributed by atoms with Gasteiger partial charge in [0.1, 0.15) is 10.0 Å². The van der Waals surface area contributed by atoms with Gasteiger partial charge in [0.05, 0.1) is 5.69 Å². The molecule has 0 aliphatic carbocycles. The van der Waals surface area contributed by atoms with E-state index >= 15 is 0 Å². The van der Waals surface area contributed by atoms with E-state index in [4.69, 9.17) is 5.73 Å². The minimum atomic E-state index is -4.12. The van der Waals surface area contributed by atoms with Crippen LogP contribution in [0.25, 0.3) is 0 Å². The van der Waals surface area contributed by atoms with Crippen molar-refractivity contribution in [2.24, 2.45) is 5.73 Å². The molecule has 2 aromatic rings. The van der Waals surface area contributed by atoms with Gasteiger partial charge in [0.2, 0.25) is 0 Å². The van der Waals surface area contributed by atoms with Crippen molar-refractivity contribution in [3.05, 3.63) is 46.6 Å². The minimum absolute atomic E-state index is 0.123. The van der Waals surface area contributed by atoms with Gasteiger partial charge in [-0.3, -0.25) is 4.72 Å². The monoisotopic (exact) mass is 322 g/mol. The van der Waals surface area contributed by atoms with E-state index in [9.17, 15) is 21.6 Å². The van der Waals surface area contributed by atoms with E-state index in [0.717, 1.165) is 11.3 Å². The Kier molecular flexibility index (Phi) is 4.02. The van der Waals surface area contributed by atoms with Crippen molar-refractivity contribution in [3.8, 4) is 0 Å². The molecule has 0 spiro atoms. The zero-order chi connectivity index (χ0) is 14.9. The summed E-state index contributed by atoms with van der Waals surface area (Å²) in [6.45, 7) is 0.148. The van der Waals surface area contributed by atoms with Crippen LogP contribution in [-0.4, -0.2) is 8.42 Å². The summed E-state index contributed by atoms with van der Waals surface area (Å²) in [5.74, 6) is -4.03. The molecule has 0 unspecified atom stereocenters. The highest BCUT2D eigenvalue weighted by atomic mass is 32.2. The summed E-state index contributed by atoms with van der Waals surface area (Å²) in [7, 11) is -4.12. The Labute approximate surface area is 117 Å². The molecule has 2 rings (SSSR count). The van der Waals surface area contributed by atoms with Gasteiger partial charge >= 0.3 is 0 Å². The molecule has 9 heteroatoms. The lowest BCUT2D eigenvalue weighted by Crippen LogP contribution is -2.13. The average Bonchev–Trinajstić information content (AvgIpc) is 2.84. The van der Waals surface area contributed by atoms with Crippen LogP contribution < -0.4 is 10.5 Å². The SMILES string of the molecule is NCc1csc(S(=O)(=O)Nc2cc(F)cc(F)c2F)c1. The average molecular weight is 322 g/mol. The summed E-state index contributed by atoms with van der Waals surface area (Å²) in [6.07, 6.45) is 0.